The van der Waals surface area contributed by atoms with Crippen LogP contribution >= 0.6 is 0 Å². The third-order valence-electron chi connectivity index (χ3n) is 3.26. The Morgan fingerprint density at radius 2 is 1.96 bits per heavy atom. The van der Waals surface area contributed by atoms with Crippen LogP contribution in [0.1, 0.15) is 23.7 Å². The molecule has 0 aliphatic heterocycles. The van der Waals surface area contributed by atoms with Crippen molar-refractivity contribution in [2.75, 3.05) is 26.8 Å². The van der Waals surface area contributed by atoms with Crippen molar-refractivity contribution in [2.45, 2.75) is 13.3 Å². The molecule has 0 spiro atoms. The summed E-state index contributed by atoms with van der Waals surface area (Å²) < 4.78 is 10.8. The number of benzene rings is 2. The molecule has 0 fully saturated rings. The Morgan fingerprint density at radius 1 is 1.22 bits per heavy atom. The highest BCUT2D eigenvalue weighted by molar-refractivity contribution is 6.02. The van der Waals surface area contributed by atoms with Gasteiger partial charge in [0.2, 0.25) is 0 Å². The van der Waals surface area contributed by atoms with E-state index in [1.165, 1.54) is 6.40 Å². The van der Waals surface area contributed by atoms with E-state index in [0.717, 1.165) is 17.2 Å². The Balaban J connectivity index is 2.17. The van der Waals surface area contributed by atoms with Gasteiger partial charge in [0.1, 0.15) is 5.75 Å². The summed E-state index contributed by atoms with van der Waals surface area (Å²) in [6.07, 6.45) is 2.29. The molecule has 0 saturated heterocycles. The fourth-order valence-electron chi connectivity index (χ4n) is 2.18. The maximum Gasteiger partial charge on any atom is 0.255 e. The molecule has 0 heterocycles. The molecule has 1 amide bonds. The number of rotatable bonds is 8. The summed E-state index contributed by atoms with van der Waals surface area (Å²) in [7, 11) is 1.62. The van der Waals surface area contributed by atoms with Gasteiger partial charge in [-0.1, -0.05) is 31.2 Å². The van der Waals surface area contributed by atoms with Crippen LogP contribution in [-0.2, 0) is 4.74 Å². The minimum Gasteiger partial charge on any atom is -0.445 e. The van der Waals surface area contributed by atoms with Crippen LogP contribution < -0.4 is 10.1 Å². The van der Waals surface area contributed by atoms with E-state index >= 15 is 0 Å². The van der Waals surface area contributed by atoms with Gasteiger partial charge in [-0.15, -0.1) is 0 Å². The van der Waals surface area contributed by atoms with Crippen LogP contribution in [0, 0.1) is 0 Å². The van der Waals surface area contributed by atoms with Crippen LogP contribution in [0.15, 0.2) is 41.4 Å². The van der Waals surface area contributed by atoms with Gasteiger partial charge in [-0.05, 0) is 29.3 Å². The number of aliphatic imine (C=N–C) groups is 1. The van der Waals surface area contributed by atoms with E-state index in [2.05, 4.69) is 10.3 Å². The Labute approximate surface area is 136 Å². The molecule has 0 aromatic heterocycles. The number of carbonyl (C=O) groups is 1. The van der Waals surface area contributed by atoms with Gasteiger partial charge < -0.3 is 14.8 Å². The first-order chi connectivity index (χ1) is 11.3. The molecule has 5 nitrogen and oxygen atoms in total. The fraction of sp³-hybridized carbons (Fsp3) is 0.333. The molecule has 2 rings (SSSR count). The van der Waals surface area contributed by atoms with Crippen molar-refractivity contribution >= 4 is 23.1 Å². The lowest BCUT2D eigenvalue weighted by molar-refractivity contribution is 0.0914. The van der Waals surface area contributed by atoms with Gasteiger partial charge >= 0.3 is 0 Å². The summed E-state index contributed by atoms with van der Waals surface area (Å²) in [5.41, 5.74) is 0.485. The van der Waals surface area contributed by atoms with Crippen LogP contribution in [-0.4, -0.2) is 39.1 Å². The van der Waals surface area contributed by atoms with Crippen molar-refractivity contribution in [1.29, 1.82) is 0 Å². The number of fused-ring (bicyclic) bond motifs is 1. The highest BCUT2D eigenvalue weighted by Gasteiger charge is 2.13. The SMILES string of the molecule is CCCOCCNC(=O)c1cc2ccccc2cc1OC=NC. The summed E-state index contributed by atoms with van der Waals surface area (Å²) in [5, 5.41) is 4.85. The lowest BCUT2D eigenvalue weighted by Crippen LogP contribution is -2.27. The average Bonchev–Trinajstić information content (AvgIpc) is 2.58. The molecule has 0 unspecified atom stereocenters. The molecule has 1 N–H and O–H groups in total. The van der Waals surface area contributed by atoms with Crippen LogP contribution in [0.25, 0.3) is 10.8 Å². The zero-order valence-corrected chi connectivity index (χ0v) is 13.5. The van der Waals surface area contributed by atoms with Crippen molar-refractivity contribution in [1.82, 2.24) is 5.32 Å². The van der Waals surface area contributed by atoms with Gasteiger partial charge in [0.15, 0.2) is 6.40 Å². The van der Waals surface area contributed by atoms with Gasteiger partial charge in [-0.25, -0.2) is 0 Å². The topological polar surface area (TPSA) is 59.9 Å². The van der Waals surface area contributed by atoms with Gasteiger partial charge in [0, 0.05) is 20.2 Å². The monoisotopic (exact) mass is 314 g/mol. The van der Waals surface area contributed by atoms with E-state index in [1.807, 2.05) is 43.3 Å². The minimum absolute atomic E-state index is 0.185. The molecule has 2 aromatic rings. The summed E-state index contributed by atoms with van der Waals surface area (Å²) in [6, 6.07) is 11.5. The lowest BCUT2D eigenvalue weighted by atomic mass is 10.1. The fourth-order valence-corrected chi connectivity index (χ4v) is 2.18. The van der Waals surface area contributed by atoms with Crippen molar-refractivity contribution < 1.29 is 14.3 Å². The highest BCUT2D eigenvalue weighted by Crippen LogP contribution is 2.25. The van der Waals surface area contributed by atoms with E-state index in [1.54, 1.807) is 7.05 Å². The quantitative estimate of drug-likeness (QED) is 0.463. The molecule has 0 aliphatic carbocycles. The Kier molecular flexibility index (Phi) is 6.56. The number of hydrogen-bond donors (Lipinski definition) is 1. The Morgan fingerprint density at radius 3 is 2.65 bits per heavy atom. The van der Waals surface area contributed by atoms with Gasteiger partial charge in [0.25, 0.3) is 5.91 Å². The van der Waals surface area contributed by atoms with E-state index in [0.29, 0.717) is 31.1 Å². The van der Waals surface area contributed by atoms with Gasteiger partial charge in [0.05, 0.1) is 12.2 Å². The molecule has 0 aliphatic rings. The molecule has 2 aromatic carbocycles. The zero-order chi connectivity index (χ0) is 16.5. The second kappa shape index (κ2) is 8.90. The lowest BCUT2D eigenvalue weighted by Gasteiger charge is -2.11. The number of amides is 1. The summed E-state index contributed by atoms with van der Waals surface area (Å²) in [4.78, 5) is 16.2. The van der Waals surface area contributed by atoms with E-state index in [-0.39, 0.29) is 5.91 Å². The summed E-state index contributed by atoms with van der Waals surface area (Å²) in [6.45, 7) is 3.71. The van der Waals surface area contributed by atoms with Crippen LogP contribution in [0.5, 0.6) is 5.75 Å². The molecule has 0 radical (unpaired) electrons. The van der Waals surface area contributed by atoms with E-state index < -0.39 is 0 Å². The Bertz CT molecular complexity index is 683. The second-order valence-electron chi connectivity index (χ2n) is 5.05. The molecule has 0 saturated carbocycles. The smallest absolute Gasteiger partial charge is 0.255 e. The second-order valence-corrected chi connectivity index (χ2v) is 5.05. The van der Waals surface area contributed by atoms with Crippen molar-refractivity contribution in [3.8, 4) is 5.75 Å². The number of nitrogens with zero attached hydrogens (tertiary/aromatic N) is 1. The molecule has 0 bridgehead atoms. The summed E-state index contributed by atoms with van der Waals surface area (Å²) >= 11 is 0. The molecular weight excluding hydrogens is 292 g/mol. The van der Waals surface area contributed by atoms with E-state index in [9.17, 15) is 4.79 Å². The van der Waals surface area contributed by atoms with Crippen molar-refractivity contribution in [3.05, 3.63) is 42.0 Å². The van der Waals surface area contributed by atoms with Crippen molar-refractivity contribution in [2.24, 2.45) is 4.99 Å². The van der Waals surface area contributed by atoms with Gasteiger partial charge in [-0.2, -0.15) is 0 Å². The molecule has 122 valence electrons. The number of ether oxygens (including phenoxy) is 2. The van der Waals surface area contributed by atoms with E-state index in [4.69, 9.17) is 9.47 Å². The summed E-state index contributed by atoms with van der Waals surface area (Å²) in [5.74, 6) is 0.302. The predicted molar refractivity (Wildman–Crippen MR) is 92.4 cm³/mol. The highest BCUT2D eigenvalue weighted by atomic mass is 16.5. The normalized spacial score (nSPS) is 11.0. The standard InChI is InChI=1S/C18H22N2O3/c1-3-9-22-10-8-20-18(21)16-11-14-6-4-5-7-15(14)12-17(16)23-13-19-2/h4-7,11-13H,3,8-10H2,1-2H3,(H,20,21). The molecule has 23 heavy (non-hydrogen) atoms. The van der Waals surface area contributed by atoms with Crippen molar-refractivity contribution in [3.63, 3.8) is 0 Å². The van der Waals surface area contributed by atoms with Gasteiger partial charge in [-0.3, -0.25) is 9.79 Å². The van der Waals surface area contributed by atoms with Crippen LogP contribution in [0.2, 0.25) is 0 Å². The molecule has 0 atom stereocenters. The third-order valence-corrected chi connectivity index (χ3v) is 3.26. The van der Waals surface area contributed by atoms with Crippen LogP contribution in [0.3, 0.4) is 0 Å². The first kappa shape index (κ1) is 17.0. The molecule has 5 heteroatoms. The maximum absolute atomic E-state index is 12.4. The zero-order valence-electron chi connectivity index (χ0n) is 13.5. The average molecular weight is 314 g/mol. The van der Waals surface area contributed by atoms with Crippen LogP contribution in [0.4, 0.5) is 0 Å². The number of hydrogen-bond acceptors (Lipinski definition) is 4. The molecular formula is C18H22N2O3. The predicted octanol–water partition coefficient (Wildman–Crippen LogP) is 3.03. The number of carbonyl (C=O) groups excluding carboxylic acids is 1. The minimum atomic E-state index is -0.185. The largest absolute Gasteiger partial charge is 0.445 e. The maximum atomic E-state index is 12.4. The first-order valence-corrected chi connectivity index (χ1v) is 7.72. The Hall–Kier alpha value is -2.40. The first-order valence-electron chi connectivity index (χ1n) is 7.72. The third kappa shape index (κ3) is 4.79. The number of nitrogens with one attached hydrogen (secondary N) is 1.